The molecule has 7 nitrogen and oxygen atoms in total. The van der Waals surface area contributed by atoms with Gasteiger partial charge in [-0.15, -0.1) is 23.0 Å². The summed E-state index contributed by atoms with van der Waals surface area (Å²) >= 11 is 1.36. The van der Waals surface area contributed by atoms with E-state index in [4.69, 9.17) is 9.15 Å². The van der Waals surface area contributed by atoms with Crippen molar-refractivity contribution < 1.29 is 14.3 Å². The van der Waals surface area contributed by atoms with Crippen molar-refractivity contribution in [3.63, 3.8) is 0 Å². The van der Waals surface area contributed by atoms with Crippen molar-refractivity contribution in [1.82, 2.24) is 4.57 Å². The second-order valence-corrected chi connectivity index (χ2v) is 7.63. The first-order valence-electron chi connectivity index (χ1n) is 9.96. The number of phenols is 1. The number of ether oxygens (including phenoxy) is 1. The number of rotatable bonds is 7. The zero-order valence-electron chi connectivity index (χ0n) is 17.4. The molecule has 2 aromatic heterocycles. The number of fused-ring (bicyclic) bond motifs is 1. The van der Waals surface area contributed by atoms with Crippen molar-refractivity contribution in [1.29, 1.82) is 0 Å². The summed E-state index contributed by atoms with van der Waals surface area (Å²) in [5.74, 6) is 0.460. The third-order valence-corrected chi connectivity index (χ3v) is 5.51. The number of para-hydroxylation sites is 1. The summed E-state index contributed by atoms with van der Waals surface area (Å²) in [4.78, 5) is 13.2. The summed E-state index contributed by atoms with van der Waals surface area (Å²) in [7, 11) is 0. The van der Waals surface area contributed by atoms with E-state index in [-0.39, 0.29) is 5.75 Å². The Morgan fingerprint density at radius 1 is 1.25 bits per heavy atom. The van der Waals surface area contributed by atoms with Crippen molar-refractivity contribution in [3.8, 4) is 22.8 Å². The molecule has 0 radical (unpaired) electrons. The number of thiazole rings is 1. The minimum Gasteiger partial charge on any atom is -0.504 e. The topological polar surface area (TPSA) is 89.3 Å². The van der Waals surface area contributed by atoms with Gasteiger partial charge >= 0.3 is 5.63 Å². The van der Waals surface area contributed by atoms with Gasteiger partial charge in [0.2, 0.25) is 4.80 Å². The molecule has 0 aliphatic heterocycles. The fourth-order valence-electron chi connectivity index (χ4n) is 3.20. The highest BCUT2D eigenvalue weighted by Gasteiger charge is 2.13. The van der Waals surface area contributed by atoms with Crippen molar-refractivity contribution >= 4 is 28.5 Å². The molecule has 0 saturated heterocycles. The van der Waals surface area contributed by atoms with Crippen molar-refractivity contribution in [2.24, 2.45) is 10.2 Å². The Kier molecular flexibility index (Phi) is 6.32. The van der Waals surface area contributed by atoms with Crippen LogP contribution in [0.2, 0.25) is 0 Å². The van der Waals surface area contributed by atoms with Gasteiger partial charge in [0, 0.05) is 17.3 Å². The zero-order chi connectivity index (χ0) is 22.5. The monoisotopic (exact) mass is 447 g/mol. The Hall–Kier alpha value is -3.91. The molecule has 1 N–H and O–H groups in total. The predicted octanol–water partition coefficient (Wildman–Crippen LogP) is 4.55. The van der Waals surface area contributed by atoms with Crippen LogP contribution in [0.25, 0.3) is 22.2 Å². The fourth-order valence-corrected chi connectivity index (χ4v) is 4.06. The average Bonchev–Trinajstić information content (AvgIpc) is 3.18. The molecule has 32 heavy (non-hydrogen) atoms. The predicted molar refractivity (Wildman–Crippen MR) is 126 cm³/mol. The van der Waals surface area contributed by atoms with Gasteiger partial charge in [-0.1, -0.05) is 24.3 Å². The van der Waals surface area contributed by atoms with Crippen LogP contribution in [-0.4, -0.2) is 22.5 Å². The molecule has 4 rings (SSSR count). The smallest absolute Gasteiger partial charge is 0.345 e. The lowest BCUT2D eigenvalue weighted by Crippen LogP contribution is -2.17. The molecular formula is C24H21N3O4S. The van der Waals surface area contributed by atoms with E-state index < -0.39 is 5.63 Å². The molecular weight excluding hydrogens is 426 g/mol. The van der Waals surface area contributed by atoms with Crippen molar-refractivity contribution in [2.75, 3.05) is 6.61 Å². The van der Waals surface area contributed by atoms with E-state index >= 15 is 0 Å². The molecule has 0 amide bonds. The maximum atomic E-state index is 12.6. The average molecular weight is 448 g/mol. The standard InChI is InChI=1S/C24H21N3O4S/c1-3-11-27-19(18-13-17-7-5-6-8-21(17)31-23(18)29)15-32-24(27)26-25-14-16-9-10-20(28)22(12-16)30-4-2/h3,5-10,12-15,28H,1,4,11H2,2H3/b25-14+,26-24+. The van der Waals surface area contributed by atoms with Gasteiger partial charge in [-0.2, -0.15) is 5.10 Å². The third kappa shape index (κ3) is 4.40. The lowest BCUT2D eigenvalue weighted by molar-refractivity contribution is 0.318. The van der Waals surface area contributed by atoms with Crippen LogP contribution in [0, 0.1) is 0 Å². The SMILES string of the molecule is C=CCn1c(-c2cc3ccccc3oc2=O)cs/c1=N/N=C/c1ccc(O)c(OCC)c1. The van der Waals surface area contributed by atoms with Gasteiger partial charge in [-0.3, -0.25) is 0 Å². The first-order chi connectivity index (χ1) is 15.6. The molecule has 0 fully saturated rings. The Bertz CT molecular complexity index is 1430. The Labute approximate surface area is 187 Å². The summed E-state index contributed by atoms with van der Waals surface area (Å²) in [5.41, 5.74) is 2.00. The van der Waals surface area contributed by atoms with Crippen LogP contribution < -0.4 is 15.2 Å². The summed E-state index contributed by atoms with van der Waals surface area (Å²) in [6, 6.07) is 14.2. The van der Waals surface area contributed by atoms with Crippen LogP contribution in [0.5, 0.6) is 11.5 Å². The molecule has 0 bridgehead atoms. The second-order valence-electron chi connectivity index (χ2n) is 6.79. The fraction of sp³-hybridized carbons (Fsp3) is 0.125. The summed E-state index contributed by atoms with van der Waals surface area (Å²) in [6.07, 6.45) is 3.31. The number of hydrogen-bond acceptors (Lipinski definition) is 7. The van der Waals surface area contributed by atoms with E-state index in [2.05, 4.69) is 16.8 Å². The summed E-state index contributed by atoms with van der Waals surface area (Å²) < 4.78 is 12.7. The van der Waals surface area contributed by atoms with E-state index in [0.29, 0.717) is 40.5 Å². The third-order valence-electron chi connectivity index (χ3n) is 4.66. The number of aromatic nitrogens is 1. The van der Waals surface area contributed by atoms with E-state index in [0.717, 1.165) is 10.9 Å². The Morgan fingerprint density at radius 2 is 2.09 bits per heavy atom. The molecule has 0 atom stereocenters. The molecule has 0 aliphatic rings. The van der Waals surface area contributed by atoms with E-state index in [1.165, 1.54) is 11.3 Å². The van der Waals surface area contributed by atoms with E-state index in [9.17, 15) is 9.90 Å². The van der Waals surface area contributed by atoms with Crippen LogP contribution >= 0.6 is 11.3 Å². The molecule has 0 unspecified atom stereocenters. The van der Waals surface area contributed by atoms with Gasteiger partial charge in [0.25, 0.3) is 0 Å². The number of hydrogen-bond donors (Lipinski definition) is 1. The van der Waals surface area contributed by atoms with Crippen molar-refractivity contribution in [2.45, 2.75) is 13.5 Å². The lowest BCUT2D eigenvalue weighted by atomic mass is 10.1. The lowest BCUT2D eigenvalue weighted by Gasteiger charge is -2.06. The van der Waals surface area contributed by atoms with Crippen LogP contribution in [0.4, 0.5) is 0 Å². The quantitative estimate of drug-likeness (QED) is 0.195. The van der Waals surface area contributed by atoms with Crippen LogP contribution in [0.15, 0.2) is 86.0 Å². The highest BCUT2D eigenvalue weighted by Crippen LogP contribution is 2.26. The van der Waals surface area contributed by atoms with Gasteiger partial charge in [0.15, 0.2) is 11.5 Å². The van der Waals surface area contributed by atoms with Crippen LogP contribution in [-0.2, 0) is 6.54 Å². The number of aromatic hydroxyl groups is 1. The molecule has 4 aromatic rings. The molecule has 2 aromatic carbocycles. The normalized spacial score (nSPS) is 12.0. The number of allylic oxidation sites excluding steroid dienone is 1. The largest absolute Gasteiger partial charge is 0.504 e. The number of benzene rings is 2. The van der Waals surface area contributed by atoms with Gasteiger partial charge in [-0.05, 0) is 42.8 Å². The van der Waals surface area contributed by atoms with Crippen LogP contribution in [0.3, 0.4) is 0 Å². The van der Waals surface area contributed by atoms with E-state index in [1.807, 2.05) is 41.1 Å². The van der Waals surface area contributed by atoms with Crippen molar-refractivity contribution in [3.05, 3.63) is 87.4 Å². The number of nitrogens with zero attached hydrogens (tertiary/aromatic N) is 3. The minimum absolute atomic E-state index is 0.0712. The highest BCUT2D eigenvalue weighted by atomic mass is 32.1. The molecule has 2 heterocycles. The maximum Gasteiger partial charge on any atom is 0.345 e. The molecule has 0 aliphatic carbocycles. The van der Waals surface area contributed by atoms with Gasteiger partial charge < -0.3 is 18.8 Å². The zero-order valence-corrected chi connectivity index (χ0v) is 18.2. The second kappa shape index (κ2) is 9.49. The molecule has 0 spiro atoms. The summed E-state index contributed by atoms with van der Waals surface area (Å²) in [5, 5.41) is 21.0. The van der Waals surface area contributed by atoms with Gasteiger partial charge in [-0.25, -0.2) is 4.79 Å². The first kappa shape index (κ1) is 21.3. The minimum atomic E-state index is -0.415. The first-order valence-corrected chi connectivity index (χ1v) is 10.8. The highest BCUT2D eigenvalue weighted by molar-refractivity contribution is 7.07. The summed E-state index contributed by atoms with van der Waals surface area (Å²) in [6.45, 7) is 6.55. The molecule has 8 heteroatoms. The molecule has 0 saturated carbocycles. The maximum absolute atomic E-state index is 12.6. The van der Waals surface area contributed by atoms with Crippen LogP contribution in [0.1, 0.15) is 12.5 Å². The Balaban J connectivity index is 1.73. The van der Waals surface area contributed by atoms with Gasteiger partial charge in [0.05, 0.1) is 24.1 Å². The number of phenolic OH excluding ortho intramolecular Hbond substituents is 1. The Morgan fingerprint density at radius 3 is 2.91 bits per heavy atom. The van der Waals surface area contributed by atoms with E-state index in [1.54, 1.807) is 36.6 Å². The van der Waals surface area contributed by atoms with Gasteiger partial charge in [0.1, 0.15) is 5.58 Å². The molecule has 162 valence electrons.